The molecule has 4 rings (SSSR count). The van der Waals surface area contributed by atoms with Gasteiger partial charge in [0.25, 0.3) is 0 Å². The number of carboxylic acids is 1. The highest BCUT2D eigenvalue weighted by Crippen LogP contribution is 2.33. The first-order valence-corrected chi connectivity index (χ1v) is 8.91. The number of carboxylic acid groups (broad SMARTS) is 1. The molecule has 0 amide bonds. The van der Waals surface area contributed by atoms with Gasteiger partial charge in [0.2, 0.25) is 0 Å². The third-order valence-corrected chi connectivity index (χ3v) is 5.74. The van der Waals surface area contributed by atoms with E-state index in [9.17, 15) is 4.79 Å². The van der Waals surface area contributed by atoms with E-state index in [4.69, 9.17) is 10.1 Å². The summed E-state index contributed by atoms with van der Waals surface area (Å²) in [4.78, 5) is 18.1. The number of hydrogen-bond donors (Lipinski definition) is 1. The zero-order chi connectivity index (χ0) is 16.5. The molecule has 122 valence electrons. The fourth-order valence-corrected chi connectivity index (χ4v) is 4.35. The van der Waals surface area contributed by atoms with Gasteiger partial charge in [-0.15, -0.1) is 11.3 Å². The predicted molar refractivity (Wildman–Crippen MR) is 95.7 cm³/mol. The molecule has 1 aromatic heterocycles. The van der Waals surface area contributed by atoms with Crippen molar-refractivity contribution in [1.29, 1.82) is 0 Å². The summed E-state index contributed by atoms with van der Waals surface area (Å²) in [5.41, 5.74) is 2.60. The summed E-state index contributed by atoms with van der Waals surface area (Å²) in [5.74, 6) is -0.376. The van der Waals surface area contributed by atoms with Crippen molar-refractivity contribution in [3.63, 3.8) is 0 Å². The normalized spacial score (nSPS) is 18.2. The van der Waals surface area contributed by atoms with Crippen LogP contribution in [0.2, 0.25) is 0 Å². The number of thiazole rings is 1. The Morgan fingerprint density at radius 1 is 1.21 bits per heavy atom. The number of rotatable bonds is 4. The van der Waals surface area contributed by atoms with Crippen LogP contribution in [0.3, 0.4) is 0 Å². The van der Waals surface area contributed by atoms with E-state index in [-0.39, 0.29) is 0 Å². The third-order valence-electron chi connectivity index (χ3n) is 4.54. The fourth-order valence-electron chi connectivity index (χ4n) is 3.25. The number of fused-ring (bicyclic) bond motifs is 1. The van der Waals surface area contributed by atoms with Crippen molar-refractivity contribution >= 4 is 27.5 Å². The van der Waals surface area contributed by atoms with Crippen LogP contribution in [0.15, 0.2) is 48.5 Å². The molecule has 0 aliphatic carbocycles. The van der Waals surface area contributed by atoms with E-state index in [0.717, 1.165) is 37.1 Å². The van der Waals surface area contributed by atoms with Gasteiger partial charge in [-0.25, -0.2) is 9.78 Å². The van der Waals surface area contributed by atoms with Gasteiger partial charge in [0.1, 0.15) is 0 Å². The maximum atomic E-state index is 10.9. The van der Waals surface area contributed by atoms with Gasteiger partial charge in [-0.2, -0.15) is 0 Å². The number of likely N-dealkylation sites (tertiary alicyclic amines) is 1. The molecule has 0 radical (unpaired) electrons. The Labute approximate surface area is 144 Å². The minimum absolute atomic E-state index is 0.340. The van der Waals surface area contributed by atoms with Crippen molar-refractivity contribution in [1.82, 2.24) is 9.88 Å². The second kappa shape index (κ2) is 6.34. The minimum Gasteiger partial charge on any atom is -0.478 e. The number of nitrogens with zero attached hydrogens (tertiary/aromatic N) is 2. The highest BCUT2D eigenvalue weighted by Gasteiger charge is 2.26. The Balaban J connectivity index is 1.43. The zero-order valence-electron chi connectivity index (χ0n) is 13.2. The number of aromatic carboxylic acids is 1. The molecule has 1 N–H and O–H groups in total. The summed E-state index contributed by atoms with van der Waals surface area (Å²) < 4.78 is 1.26. The minimum atomic E-state index is -0.876. The quantitative estimate of drug-likeness (QED) is 0.782. The molecule has 1 aliphatic rings. The molecule has 0 saturated carbocycles. The number of aromatic nitrogens is 1. The standard InChI is InChI=1S/C19H18N2O2S/c22-19(23)14-7-5-13(6-8-14)11-21-10-9-15(12-21)18-20-16-3-1-2-4-17(16)24-18/h1-8,15H,9-12H2,(H,22,23)/t15-/m0/s1. The SMILES string of the molecule is O=C(O)c1ccc(CN2CC[C@H](c3nc4ccccc4s3)C2)cc1. The molecule has 2 aromatic carbocycles. The lowest BCUT2D eigenvalue weighted by atomic mass is 10.1. The summed E-state index contributed by atoms with van der Waals surface area (Å²) in [6, 6.07) is 15.5. The number of benzene rings is 2. The van der Waals surface area contributed by atoms with Crippen LogP contribution in [0.1, 0.15) is 33.3 Å². The van der Waals surface area contributed by atoms with Gasteiger partial charge >= 0.3 is 5.97 Å². The molecule has 2 heterocycles. The van der Waals surface area contributed by atoms with Gasteiger partial charge in [-0.1, -0.05) is 24.3 Å². The fraction of sp³-hybridized carbons (Fsp3) is 0.263. The smallest absolute Gasteiger partial charge is 0.335 e. The van der Waals surface area contributed by atoms with Crippen molar-refractivity contribution in [3.05, 3.63) is 64.7 Å². The van der Waals surface area contributed by atoms with Crippen molar-refractivity contribution in [2.45, 2.75) is 18.9 Å². The molecule has 3 aromatic rings. The van der Waals surface area contributed by atoms with E-state index >= 15 is 0 Å². The van der Waals surface area contributed by atoms with Crippen LogP contribution in [0.5, 0.6) is 0 Å². The molecule has 0 spiro atoms. The first-order chi connectivity index (χ1) is 11.7. The average Bonchev–Trinajstić information content (AvgIpc) is 3.21. The summed E-state index contributed by atoms with van der Waals surface area (Å²) in [7, 11) is 0. The topological polar surface area (TPSA) is 53.4 Å². The molecule has 24 heavy (non-hydrogen) atoms. The van der Waals surface area contributed by atoms with E-state index in [0.29, 0.717) is 11.5 Å². The lowest BCUT2D eigenvalue weighted by Crippen LogP contribution is -2.19. The van der Waals surface area contributed by atoms with Crippen LogP contribution in [0.4, 0.5) is 0 Å². The second-order valence-electron chi connectivity index (χ2n) is 6.24. The number of carbonyl (C=O) groups is 1. The summed E-state index contributed by atoms with van der Waals surface area (Å²) in [5, 5.41) is 10.2. The molecular weight excluding hydrogens is 320 g/mol. The zero-order valence-corrected chi connectivity index (χ0v) is 14.0. The average molecular weight is 338 g/mol. The van der Waals surface area contributed by atoms with Gasteiger partial charge in [-0.3, -0.25) is 4.90 Å². The largest absolute Gasteiger partial charge is 0.478 e. The molecule has 0 bridgehead atoms. The summed E-state index contributed by atoms with van der Waals surface area (Å²) in [6.45, 7) is 2.93. The van der Waals surface area contributed by atoms with E-state index in [1.165, 1.54) is 9.71 Å². The highest BCUT2D eigenvalue weighted by molar-refractivity contribution is 7.18. The Bertz CT molecular complexity index is 839. The maximum absolute atomic E-state index is 10.9. The summed E-state index contributed by atoms with van der Waals surface area (Å²) >= 11 is 1.80. The Morgan fingerprint density at radius 3 is 2.75 bits per heavy atom. The van der Waals surface area contributed by atoms with Gasteiger partial charge in [0.05, 0.1) is 20.8 Å². The van der Waals surface area contributed by atoms with E-state index < -0.39 is 5.97 Å². The first-order valence-electron chi connectivity index (χ1n) is 8.09. The Kier molecular flexibility index (Phi) is 4.04. The van der Waals surface area contributed by atoms with Crippen LogP contribution in [-0.2, 0) is 6.54 Å². The Morgan fingerprint density at radius 2 is 2.00 bits per heavy atom. The van der Waals surface area contributed by atoms with Crippen LogP contribution >= 0.6 is 11.3 Å². The number of hydrogen-bond acceptors (Lipinski definition) is 4. The van der Waals surface area contributed by atoms with Gasteiger partial charge in [0.15, 0.2) is 0 Å². The monoisotopic (exact) mass is 338 g/mol. The van der Waals surface area contributed by atoms with Crippen LogP contribution in [0, 0.1) is 0 Å². The molecule has 4 nitrogen and oxygen atoms in total. The highest BCUT2D eigenvalue weighted by atomic mass is 32.1. The third kappa shape index (κ3) is 3.05. The molecule has 0 unspecified atom stereocenters. The Hall–Kier alpha value is -2.24. The van der Waals surface area contributed by atoms with Crippen molar-refractivity contribution in [2.24, 2.45) is 0 Å². The van der Waals surface area contributed by atoms with E-state index in [2.05, 4.69) is 23.1 Å². The van der Waals surface area contributed by atoms with Crippen molar-refractivity contribution in [3.8, 4) is 0 Å². The van der Waals surface area contributed by atoms with E-state index in [1.54, 1.807) is 23.5 Å². The second-order valence-corrected chi connectivity index (χ2v) is 7.30. The summed E-state index contributed by atoms with van der Waals surface area (Å²) in [6.07, 6.45) is 1.13. The molecule has 5 heteroatoms. The molecule has 1 aliphatic heterocycles. The molecular formula is C19H18N2O2S. The van der Waals surface area contributed by atoms with Crippen molar-refractivity contribution < 1.29 is 9.90 Å². The predicted octanol–water partition coefficient (Wildman–Crippen LogP) is 3.98. The van der Waals surface area contributed by atoms with Gasteiger partial charge in [0, 0.05) is 19.0 Å². The van der Waals surface area contributed by atoms with Crippen LogP contribution < -0.4 is 0 Å². The molecule has 1 saturated heterocycles. The van der Waals surface area contributed by atoms with Gasteiger partial charge in [-0.05, 0) is 42.8 Å². The molecule has 1 fully saturated rings. The lowest BCUT2D eigenvalue weighted by molar-refractivity contribution is 0.0697. The maximum Gasteiger partial charge on any atom is 0.335 e. The van der Waals surface area contributed by atoms with Crippen LogP contribution in [-0.4, -0.2) is 34.0 Å². The molecule has 1 atom stereocenters. The van der Waals surface area contributed by atoms with E-state index in [1.807, 2.05) is 18.2 Å². The first kappa shape index (κ1) is 15.3. The van der Waals surface area contributed by atoms with Crippen LogP contribution in [0.25, 0.3) is 10.2 Å². The van der Waals surface area contributed by atoms with Crippen molar-refractivity contribution in [2.75, 3.05) is 13.1 Å². The lowest BCUT2D eigenvalue weighted by Gasteiger charge is -2.15. The number of para-hydroxylation sites is 1. The van der Waals surface area contributed by atoms with Gasteiger partial charge < -0.3 is 5.11 Å².